The van der Waals surface area contributed by atoms with E-state index in [2.05, 4.69) is 114 Å². The van der Waals surface area contributed by atoms with Gasteiger partial charge in [0.1, 0.15) is 0 Å². The van der Waals surface area contributed by atoms with Crippen molar-refractivity contribution in [2.75, 3.05) is 4.90 Å². The molecule has 0 atom stereocenters. The van der Waals surface area contributed by atoms with Gasteiger partial charge in [-0.15, -0.1) is 0 Å². The lowest BCUT2D eigenvalue weighted by Crippen LogP contribution is -2.13. The molecule has 1 aromatic heterocycles. The van der Waals surface area contributed by atoms with Crippen molar-refractivity contribution in [2.24, 2.45) is 0 Å². The number of anilines is 3. The maximum absolute atomic E-state index is 15.3. The van der Waals surface area contributed by atoms with Crippen molar-refractivity contribution in [2.45, 2.75) is 12.8 Å². The predicted molar refractivity (Wildman–Crippen MR) is 231 cm³/mol. The van der Waals surface area contributed by atoms with Crippen molar-refractivity contribution >= 4 is 76.8 Å². The lowest BCUT2D eigenvalue weighted by molar-refractivity contribution is 0.448. The quantitative estimate of drug-likeness (QED) is 0.122. The Hall–Kier alpha value is -7.11. The SMILES string of the molecule is Fc1ccc(N(c2ccccc2)c2ccc(-c3ccc4ccc5c6c(ccc3c46)cc3c4cc(C6=CC=CCC6)ccc4n(-c4ccccc4)c35)cc2)c(F)c1F. The summed E-state index contributed by atoms with van der Waals surface area (Å²) in [5, 5.41) is 9.56. The molecule has 9 aromatic carbocycles. The Labute approximate surface area is 327 Å². The number of halogens is 3. The van der Waals surface area contributed by atoms with Gasteiger partial charge in [-0.3, -0.25) is 0 Å². The largest absolute Gasteiger partial charge is 0.309 e. The normalized spacial score (nSPS) is 13.1. The Kier molecular flexibility index (Phi) is 7.58. The standard InChI is InChI=1S/C52H33F3N2/c53-45-27-29-47(51(55)50(45)54)56(37-12-6-2-7-13-37)39-22-16-33(17-23-39)40-24-18-34-19-26-42-49-36(20-25-41(40)48(34)49)31-44-43-30-35(32-10-4-1-5-11-32)21-28-46(43)57(52(42)44)38-14-8-3-9-15-38/h1-4,6-10,12-31H,5,11H2. The van der Waals surface area contributed by atoms with Crippen LogP contribution in [0.15, 0.2) is 176 Å². The number of para-hydroxylation sites is 2. The second-order valence-corrected chi connectivity index (χ2v) is 14.8. The van der Waals surface area contributed by atoms with Gasteiger partial charge in [-0.1, -0.05) is 109 Å². The lowest BCUT2D eigenvalue weighted by Gasteiger charge is -2.26. The van der Waals surface area contributed by atoms with Gasteiger partial charge in [-0.05, 0) is 129 Å². The summed E-state index contributed by atoms with van der Waals surface area (Å²) < 4.78 is 46.3. The molecule has 10 aromatic rings. The second kappa shape index (κ2) is 13.0. The number of benzene rings is 9. The molecule has 1 heterocycles. The highest BCUT2D eigenvalue weighted by Gasteiger charge is 2.23. The highest BCUT2D eigenvalue weighted by molar-refractivity contribution is 6.32. The van der Waals surface area contributed by atoms with E-state index in [1.54, 1.807) is 4.90 Å². The van der Waals surface area contributed by atoms with E-state index in [4.69, 9.17) is 0 Å². The number of allylic oxidation sites excluding steroid dienone is 4. The molecule has 0 saturated heterocycles. The Balaban J connectivity index is 1.11. The van der Waals surface area contributed by atoms with Crippen molar-refractivity contribution in [1.29, 1.82) is 0 Å². The van der Waals surface area contributed by atoms with Crippen LogP contribution in [0.1, 0.15) is 18.4 Å². The van der Waals surface area contributed by atoms with E-state index in [1.165, 1.54) is 60.6 Å². The summed E-state index contributed by atoms with van der Waals surface area (Å²) in [6.45, 7) is 0. The van der Waals surface area contributed by atoms with Crippen LogP contribution in [0.5, 0.6) is 0 Å². The zero-order chi connectivity index (χ0) is 38.2. The molecule has 272 valence electrons. The number of rotatable bonds is 6. The number of fused-ring (bicyclic) bond motifs is 4. The van der Waals surface area contributed by atoms with Crippen LogP contribution in [0.3, 0.4) is 0 Å². The molecule has 0 saturated carbocycles. The van der Waals surface area contributed by atoms with Crippen LogP contribution in [0.25, 0.3) is 76.5 Å². The van der Waals surface area contributed by atoms with E-state index in [0.717, 1.165) is 46.5 Å². The topological polar surface area (TPSA) is 8.17 Å². The van der Waals surface area contributed by atoms with E-state index in [9.17, 15) is 8.78 Å². The summed E-state index contributed by atoms with van der Waals surface area (Å²) in [5.41, 5.74) is 9.32. The number of hydrogen-bond acceptors (Lipinski definition) is 1. The van der Waals surface area contributed by atoms with E-state index in [-0.39, 0.29) is 5.69 Å². The van der Waals surface area contributed by atoms with Gasteiger partial charge < -0.3 is 9.47 Å². The summed E-state index contributed by atoms with van der Waals surface area (Å²) in [4.78, 5) is 1.61. The average molecular weight is 743 g/mol. The molecule has 0 spiro atoms. The third kappa shape index (κ3) is 5.19. The third-order valence-corrected chi connectivity index (χ3v) is 11.6. The Morgan fingerprint density at radius 1 is 0.526 bits per heavy atom. The van der Waals surface area contributed by atoms with Crippen molar-refractivity contribution < 1.29 is 13.2 Å². The zero-order valence-corrected chi connectivity index (χ0v) is 30.7. The summed E-state index contributed by atoms with van der Waals surface area (Å²) in [6, 6.07) is 52.5. The van der Waals surface area contributed by atoms with Gasteiger partial charge in [-0.25, -0.2) is 13.2 Å². The zero-order valence-electron chi connectivity index (χ0n) is 30.7. The van der Waals surface area contributed by atoms with Gasteiger partial charge in [0.05, 0.1) is 16.7 Å². The van der Waals surface area contributed by atoms with E-state index < -0.39 is 17.5 Å². The van der Waals surface area contributed by atoms with Crippen LogP contribution < -0.4 is 4.90 Å². The molecular formula is C52H33F3N2. The van der Waals surface area contributed by atoms with Crippen LogP contribution in [0.2, 0.25) is 0 Å². The van der Waals surface area contributed by atoms with Crippen molar-refractivity contribution in [3.05, 3.63) is 199 Å². The van der Waals surface area contributed by atoms with Crippen molar-refractivity contribution in [3.63, 3.8) is 0 Å². The van der Waals surface area contributed by atoms with Crippen LogP contribution >= 0.6 is 0 Å². The molecule has 0 N–H and O–H groups in total. The molecule has 57 heavy (non-hydrogen) atoms. The highest BCUT2D eigenvalue weighted by atomic mass is 19.2. The minimum atomic E-state index is -1.50. The molecular weight excluding hydrogens is 710 g/mol. The monoisotopic (exact) mass is 742 g/mol. The molecule has 5 heteroatoms. The molecule has 0 aliphatic heterocycles. The Bertz CT molecular complexity index is 3250. The fraction of sp³-hybridized carbons (Fsp3) is 0.0385. The molecule has 1 aliphatic carbocycles. The van der Waals surface area contributed by atoms with Gasteiger partial charge in [0.25, 0.3) is 0 Å². The van der Waals surface area contributed by atoms with Crippen molar-refractivity contribution in [1.82, 2.24) is 4.57 Å². The van der Waals surface area contributed by atoms with E-state index >= 15 is 4.39 Å². The first-order chi connectivity index (χ1) is 28.0. The summed E-state index contributed by atoms with van der Waals surface area (Å²) in [7, 11) is 0. The smallest absolute Gasteiger partial charge is 0.196 e. The lowest BCUT2D eigenvalue weighted by atomic mass is 9.88. The predicted octanol–water partition coefficient (Wildman–Crippen LogP) is 15.0. The summed E-state index contributed by atoms with van der Waals surface area (Å²) in [5.74, 6) is -3.97. The summed E-state index contributed by atoms with van der Waals surface area (Å²) >= 11 is 0. The number of aromatic nitrogens is 1. The van der Waals surface area contributed by atoms with Gasteiger partial charge in [0, 0.05) is 33.2 Å². The van der Waals surface area contributed by atoms with Crippen molar-refractivity contribution in [3.8, 4) is 16.8 Å². The first-order valence-corrected chi connectivity index (χ1v) is 19.2. The van der Waals surface area contributed by atoms with E-state index in [1.807, 2.05) is 54.6 Å². The van der Waals surface area contributed by atoms with Gasteiger partial charge in [0.15, 0.2) is 17.5 Å². The number of nitrogens with zero attached hydrogens (tertiary/aromatic N) is 2. The minimum absolute atomic E-state index is 0.0748. The molecule has 0 radical (unpaired) electrons. The maximum atomic E-state index is 15.3. The number of hydrogen-bond donors (Lipinski definition) is 0. The molecule has 2 nitrogen and oxygen atoms in total. The molecule has 0 amide bonds. The minimum Gasteiger partial charge on any atom is -0.309 e. The van der Waals surface area contributed by atoms with Gasteiger partial charge >= 0.3 is 0 Å². The van der Waals surface area contributed by atoms with E-state index in [0.29, 0.717) is 11.4 Å². The molecule has 1 aliphatic rings. The average Bonchev–Trinajstić information content (AvgIpc) is 3.60. The Morgan fingerprint density at radius 2 is 1.23 bits per heavy atom. The molecule has 0 fully saturated rings. The van der Waals surface area contributed by atoms with Crippen LogP contribution in [0.4, 0.5) is 30.2 Å². The molecule has 11 rings (SSSR count). The fourth-order valence-electron chi connectivity index (χ4n) is 9.00. The fourth-order valence-corrected chi connectivity index (χ4v) is 9.00. The van der Waals surface area contributed by atoms with Crippen LogP contribution in [-0.2, 0) is 0 Å². The summed E-state index contributed by atoms with van der Waals surface area (Å²) in [6.07, 6.45) is 8.73. The van der Waals surface area contributed by atoms with Crippen LogP contribution in [0, 0.1) is 17.5 Å². The van der Waals surface area contributed by atoms with Gasteiger partial charge in [0.2, 0.25) is 0 Å². The Morgan fingerprint density at radius 3 is 2.02 bits per heavy atom. The maximum Gasteiger partial charge on any atom is 0.196 e. The molecule has 0 unspecified atom stereocenters. The molecule has 0 bridgehead atoms. The third-order valence-electron chi connectivity index (χ3n) is 11.6. The first kappa shape index (κ1) is 33.2. The highest BCUT2D eigenvalue weighted by Crippen LogP contribution is 2.46. The van der Waals surface area contributed by atoms with Crippen LogP contribution in [-0.4, -0.2) is 4.57 Å². The first-order valence-electron chi connectivity index (χ1n) is 19.2. The second-order valence-electron chi connectivity index (χ2n) is 14.8. The van der Waals surface area contributed by atoms with Gasteiger partial charge in [-0.2, -0.15) is 0 Å².